The molecule has 3 aromatic heterocycles. The predicted molar refractivity (Wildman–Crippen MR) is 193 cm³/mol. The molecule has 0 radical (unpaired) electrons. The smallest absolute Gasteiger partial charge is 0.160 e. The van der Waals surface area contributed by atoms with Gasteiger partial charge in [0.25, 0.3) is 0 Å². The molecule has 0 aliphatic carbocycles. The van der Waals surface area contributed by atoms with E-state index in [9.17, 15) is 0 Å². The second-order valence-corrected chi connectivity index (χ2v) is 12.6. The van der Waals surface area contributed by atoms with E-state index < -0.39 is 0 Å². The fraction of sp³-hybridized carbons (Fsp3) is 0. The number of thiophene rings is 1. The first-order valence-corrected chi connectivity index (χ1v) is 16.2. The monoisotopic (exact) mass is 605 g/mol. The van der Waals surface area contributed by atoms with Crippen molar-refractivity contribution in [2.24, 2.45) is 0 Å². The Hall–Kier alpha value is -5.84. The Bertz CT molecular complexity index is 2420. The first kappa shape index (κ1) is 26.6. The maximum atomic E-state index is 5.14. The first-order chi connectivity index (χ1) is 22.8. The second-order valence-electron chi connectivity index (χ2n) is 11.5. The molecular formula is C42H27N3S. The second kappa shape index (κ2) is 11.0. The van der Waals surface area contributed by atoms with Gasteiger partial charge in [-0.25, -0.2) is 9.97 Å². The van der Waals surface area contributed by atoms with E-state index in [-0.39, 0.29) is 0 Å². The van der Waals surface area contributed by atoms with Crippen LogP contribution in [0.3, 0.4) is 0 Å². The van der Waals surface area contributed by atoms with E-state index in [1.165, 1.54) is 43.0 Å². The van der Waals surface area contributed by atoms with Gasteiger partial charge in [0, 0.05) is 32.3 Å². The third-order valence-electron chi connectivity index (χ3n) is 8.66. The molecule has 4 heteroatoms. The minimum absolute atomic E-state index is 0.714. The van der Waals surface area contributed by atoms with E-state index in [2.05, 4.69) is 162 Å². The molecule has 0 saturated carbocycles. The molecule has 9 rings (SSSR count). The van der Waals surface area contributed by atoms with Crippen LogP contribution in [0.1, 0.15) is 0 Å². The molecule has 0 N–H and O–H groups in total. The Labute approximate surface area is 270 Å². The van der Waals surface area contributed by atoms with Crippen LogP contribution in [0.2, 0.25) is 0 Å². The maximum absolute atomic E-state index is 5.14. The van der Waals surface area contributed by atoms with Gasteiger partial charge in [-0.15, -0.1) is 11.3 Å². The lowest BCUT2D eigenvalue weighted by atomic mass is 10.0. The van der Waals surface area contributed by atoms with Crippen molar-refractivity contribution in [3.63, 3.8) is 0 Å². The Morgan fingerprint density at radius 2 is 1.00 bits per heavy atom. The maximum Gasteiger partial charge on any atom is 0.160 e. The Morgan fingerprint density at radius 3 is 1.72 bits per heavy atom. The number of benzene rings is 6. The molecule has 3 heterocycles. The lowest BCUT2D eigenvalue weighted by molar-refractivity contribution is 1.16. The fourth-order valence-corrected chi connectivity index (χ4v) is 7.41. The topological polar surface area (TPSA) is 30.7 Å². The molecule has 9 aromatic rings. The SMILES string of the molecule is c1ccc(-c2ccc(-c3cc(-c4cc5ccccc5s4)nc(-c4ccc(-n5c6ccccc6c6ccccc65)cc4)n3)cc2)cc1. The van der Waals surface area contributed by atoms with Crippen molar-refractivity contribution in [1.29, 1.82) is 0 Å². The summed E-state index contributed by atoms with van der Waals surface area (Å²) in [6.07, 6.45) is 0. The summed E-state index contributed by atoms with van der Waals surface area (Å²) in [6.45, 7) is 0. The molecule has 0 aliphatic rings. The molecule has 6 aromatic carbocycles. The highest BCUT2D eigenvalue weighted by atomic mass is 32.1. The van der Waals surface area contributed by atoms with Crippen molar-refractivity contribution in [1.82, 2.24) is 14.5 Å². The van der Waals surface area contributed by atoms with E-state index in [1.54, 1.807) is 11.3 Å². The number of rotatable bonds is 5. The number of para-hydroxylation sites is 2. The number of hydrogen-bond acceptors (Lipinski definition) is 3. The summed E-state index contributed by atoms with van der Waals surface area (Å²) in [7, 11) is 0. The lowest BCUT2D eigenvalue weighted by Gasteiger charge is -2.11. The van der Waals surface area contributed by atoms with Crippen LogP contribution in [0.4, 0.5) is 0 Å². The fourth-order valence-electron chi connectivity index (χ4n) is 6.38. The van der Waals surface area contributed by atoms with Gasteiger partial charge in [-0.3, -0.25) is 0 Å². The quantitative estimate of drug-likeness (QED) is 0.195. The van der Waals surface area contributed by atoms with Crippen LogP contribution >= 0.6 is 11.3 Å². The van der Waals surface area contributed by atoms with Crippen molar-refractivity contribution < 1.29 is 0 Å². The number of hydrogen-bond donors (Lipinski definition) is 0. The third kappa shape index (κ3) is 4.59. The van der Waals surface area contributed by atoms with E-state index >= 15 is 0 Å². The first-order valence-electron chi connectivity index (χ1n) is 15.4. The van der Waals surface area contributed by atoms with Gasteiger partial charge in [0.1, 0.15) is 0 Å². The van der Waals surface area contributed by atoms with Gasteiger partial charge in [-0.2, -0.15) is 0 Å². The van der Waals surface area contributed by atoms with Gasteiger partial charge in [0.05, 0.1) is 27.3 Å². The standard InChI is InChI=1S/C42H27N3S/c1-2-10-28(11-3-1)29-18-20-30(21-19-29)36-27-37(41-26-32-12-4-9-17-40(32)46-41)44-42(43-36)31-22-24-33(25-23-31)45-38-15-7-5-13-34(38)35-14-6-8-16-39(35)45/h1-27H. The zero-order valence-corrected chi connectivity index (χ0v) is 25.7. The van der Waals surface area contributed by atoms with E-state index in [4.69, 9.17) is 9.97 Å². The van der Waals surface area contributed by atoms with Crippen LogP contribution in [-0.2, 0) is 0 Å². The molecule has 0 amide bonds. The summed E-state index contributed by atoms with van der Waals surface area (Å²) in [5, 5.41) is 3.74. The number of nitrogens with zero attached hydrogens (tertiary/aromatic N) is 3. The summed E-state index contributed by atoms with van der Waals surface area (Å²) in [4.78, 5) is 11.4. The van der Waals surface area contributed by atoms with Gasteiger partial charge in [0.15, 0.2) is 5.82 Å². The number of fused-ring (bicyclic) bond motifs is 4. The Kier molecular flexibility index (Phi) is 6.32. The zero-order chi connectivity index (χ0) is 30.5. The van der Waals surface area contributed by atoms with Crippen molar-refractivity contribution in [2.45, 2.75) is 0 Å². The summed E-state index contributed by atoms with van der Waals surface area (Å²) < 4.78 is 3.59. The molecule has 0 spiro atoms. The summed E-state index contributed by atoms with van der Waals surface area (Å²) >= 11 is 1.77. The molecule has 46 heavy (non-hydrogen) atoms. The molecule has 0 atom stereocenters. The minimum Gasteiger partial charge on any atom is -0.309 e. The third-order valence-corrected chi connectivity index (χ3v) is 9.79. The average molecular weight is 606 g/mol. The minimum atomic E-state index is 0.714. The van der Waals surface area contributed by atoms with Crippen LogP contribution in [-0.4, -0.2) is 14.5 Å². The van der Waals surface area contributed by atoms with E-state index in [0.29, 0.717) is 5.82 Å². The summed E-state index contributed by atoms with van der Waals surface area (Å²) in [5.41, 5.74) is 9.77. The van der Waals surface area contributed by atoms with Gasteiger partial charge in [0.2, 0.25) is 0 Å². The van der Waals surface area contributed by atoms with E-state index in [1.807, 2.05) is 6.07 Å². The molecule has 0 unspecified atom stereocenters. The van der Waals surface area contributed by atoms with Gasteiger partial charge >= 0.3 is 0 Å². The highest BCUT2D eigenvalue weighted by Crippen LogP contribution is 2.36. The van der Waals surface area contributed by atoms with Crippen LogP contribution in [0.15, 0.2) is 164 Å². The van der Waals surface area contributed by atoms with Gasteiger partial charge < -0.3 is 4.57 Å². The van der Waals surface area contributed by atoms with Crippen molar-refractivity contribution in [2.75, 3.05) is 0 Å². The molecular weight excluding hydrogens is 579 g/mol. The number of aromatic nitrogens is 3. The van der Waals surface area contributed by atoms with Crippen LogP contribution in [0, 0.1) is 0 Å². The van der Waals surface area contributed by atoms with Crippen molar-refractivity contribution in [3.05, 3.63) is 164 Å². The summed E-state index contributed by atoms with van der Waals surface area (Å²) in [5.74, 6) is 0.714. The molecule has 0 aliphatic heterocycles. The predicted octanol–water partition coefficient (Wildman–Crippen LogP) is 11.5. The van der Waals surface area contributed by atoms with E-state index in [0.717, 1.165) is 33.1 Å². The van der Waals surface area contributed by atoms with Crippen LogP contribution in [0.5, 0.6) is 0 Å². The largest absolute Gasteiger partial charge is 0.309 e. The van der Waals surface area contributed by atoms with Crippen LogP contribution in [0.25, 0.3) is 81.9 Å². The van der Waals surface area contributed by atoms with Crippen molar-refractivity contribution >= 4 is 43.2 Å². The normalized spacial score (nSPS) is 11.5. The van der Waals surface area contributed by atoms with Crippen LogP contribution < -0.4 is 0 Å². The zero-order valence-electron chi connectivity index (χ0n) is 24.8. The molecule has 0 bridgehead atoms. The summed E-state index contributed by atoms with van der Waals surface area (Å²) in [6, 6.07) is 57.9. The highest BCUT2D eigenvalue weighted by Gasteiger charge is 2.15. The Balaban J connectivity index is 1.16. The Morgan fingerprint density at radius 1 is 0.435 bits per heavy atom. The molecule has 3 nitrogen and oxygen atoms in total. The lowest BCUT2D eigenvalue weighted by Crippen LogP contribution is -1.97. The van der Waals surface area contributed by atoms with Gasteiger partial charge in [-0.05, 0) is 71.1 Å². The van der Waals surface area contributed by atoms with Crippen molar-refractivity contribution in [3.8, 4) is 50.0 Å². The highest BCUT2D eigenvalue weighted by molar-refractivity contribution is 7.22. The average Bonchev–Trinajstić information content (AvgIpc) is 3.72. The molecule has 216 valence electrons. The molecule has 0 saturated heterocycles. The molecule has 0 fully saturated rings. The van der Waals surface area contributed by atoms with Gasteiger partial charge in [-0.1, -0.05) is 109 Å².